The molecule has 3 heteroatoms. The van der Waals surface area contributed by atoms with E-state index in [0.717, 1.165) is 21.8 Å². The van der Waals surface area contributed by atoms with E-state index in [9.17, 15) is 4.79 Å². The predicted octanol–water partition coefficient (Wildman–Crippen LogP) is 3.49. The predicted molar refractivity (Wildman–Crippen MR) is 70.1 cm³/mol. The van der Waals surface area contributed by atoms with Gasteiger partial charge in [0.25, 0.3) is 0 Å². The molecule has 0 spiro atoms. The first-order chi connectivity index (χ1) is 8.20. The Labute approximate surface area is 105 Å². The molecule has 0 unspecified atom stereocenters. The SMILES string of the molecule is COc1csc(C(=O)Cc2ccccc2C)c1. The largest absolute Gasteiger partial charge is 0.496 e. The first kappa shape index (κ1) is 11.9. The van der Waals surface area contributed by atoms with Gasteiger partial charge in [0.1, 0.15) is 5.75 Å². The molecule has 0 N–H and O–H groups in total. The van der Waals surface area contributed by atoms with Crippen LogP contribution in [0.2, 0.25) is 0 Å². The first-order valence-electron chi connectivity index (χ1n) is 5.41. The standard InChI is InChI=1S/C14H14O2S/c1-10-5-3-4-6-11(10)7-13(15)14-8-12(16-2)9-17-14/h3-6,8-9H,7H2,1-2H3. The lowest BCUT2D eigenvalue weighted by molar-refractivity contribution is 0.0996. The summed E-state index contributed by atoms with van der Waals surface area (Å²) in [5.41, 5.74) is 2.24. The number of carbonyl (C=O) groups is 1. The maximum atomic E-state index is 12.1. The van der Waals surface area contributed by atoms with Gasteiger partial charge < -0.3 is 4.74 Å². The number of thiophene rings is 1. The Morgan fingerprint density at radius 3 is 2.76 bits per heavy atom. The minimum absolute atomic E-state index is 0.146. The van der Waals surface area contributed by atoms with Gasteiger partial charge in [0.05, 0.1) is 12.0 Å². The summed E-state index contributed by atoms with van der Waals surface area (Å²) >= 11 is 1.43. The normalized spacial score (nSPS) is 10.2. The molecule has 0 saturated carbocycles. The van der Waals surface area contributed by atoms with E-state index in [1.165, 1.54) is 11.3 Å². The van der Waals surface area contributed by atoms with Gasteiger partial charge in [-0.3, -0.25) is 4.79 Å². The lowest BCUT2D eigenvalue weighted by atomic mass is 10.0. The smallest absolute Gasteiger partial charge is 0.177 e. The number of carbonyl (C=O) groups excluding carboxylic acids is 1. The molecule has 17 heavy (non-hydrogen) atoms. The van der Waals surface area contributed by atoms with Gasteiger partial charge in [-0.2, -0.15) is 0 Å². The molecule has 2 rings (SSSR count). The monoisotopic (exact) mass is 246 g/mol. The summed E-state index contributed by atoms with van der Waals surface area (Å²) in [4.78, 5) is 12.8. The Bertz CT molecular complexity index is 529. The molecule has 2 nitrogen and oxygen atoms in total. The van der Waals surface area contributed by atoms with Crippen molar-refractivity contribution in [2.75, 3.05) is 7.11 Å². The molecule has 88 valence electrons. The lowest BCUT2D eigenvalue weighted by Gasteiger charge is -2.03. The van der Waals surface area contributed by atoms with E-state index < -0.39 is 0 Å². The maximum Gasteiger partial charge on any atom is 0.177 e. The summed E-state index contributed by atoms with van der Waals surface area (Å²) < 4.78 is 5.08. The van der Waals surface area contributed by atoms with Crippen molar-refractivity contribution in [1.29, 1.82) is 0 Å². The van der Waals surface area contributed by atoms with Gasteiger partial charge in [-0.1, -0.05) is 24.3 Å². The van der Waals surface area contributed by atoms with Crippen LogP contribution in [0, 0.1) is 6.92 Å². The highest BCUT2D eigenvalue weighted by atomic mass is 32.1. The molecule has 0 radical (unpaired) electrons. The van der Waals surface area contributed by atoms with Crippen molar-refractivity contribution in [2.45, 2.75) is 13.3 Å². The van der Waals surface area contributed by atoms with E-state index in [1.54, 1.807) is 13.2 Å². The van der Waals surface area contributed by atoms with E-state index in [1.807, 2.05) is 36.6 Å². The fourth-order valence-electron chi connectivity index (χ4n) is 1.64. The number of methoxy groups -OCH3 is 1. The molecular formula is C14H14O2S. The van der Waals surface area contributed by atoms with Crippen molar-refractivity contribution >= 4 is 17.1 Å². The van der Waals surface area contributed by atoms with Crippen molar-refractivity contribution in [3.63, 3.8) is 0 Å². The van der Waals surface area contributed by atoms with Crippen LogP contribution in [-0.4, -0.2) is 12.9 Å². The van der Waals surface area contributed by atoms with Crippen LogP contribution in [0.5, 0.6) is 5.75 Å². The molecule has 0 aliphatic carbocycles. The van der Waals surface area contributed by atoms with Gasteiger partial charge in [0.15, 0.2) is 5.78 Å². The van der Waals surface area contributed by atoms with Crippen molar-refractivity contribution in [2.24, 2.45) is 0 Å². The van der Waals surface area contributed by atoms with Crippen molar-refractivity contribution in [1.82, 2.24) is 0 Å². The fraction of sp³-hybridized carbons (Fsp3) is 0.214. The molecule has 0 aliphatic heterocycles. The Morgan fingerprint density at radius 2 is 2.12 bits per heavy atom. The topological polar surface area (TPSA) is 26.3 Å². The van der Waals surface area contributed by atoms with Crippen molar-refractivity contribution in [3.05, 3.63) is 51.7 Å². The summed E-state index contributed by atoms with van der Waals surface area (Å²) in [7, 11) is 1.61. The van der Waals surface area contributed by atoms with Crippen LogP contribution in [0.25, 0.3) is 0 Å². The van der Waals surface area contributed by atoms with Gasteiger partial charge in [-0.25, -0.2) is 0 Å². The van der Waals surface area contributed by atoms with Gasteiger partial charge in [-0.05, 0) is 18.1 Å². The molecule has 0 aliphatic rings. The Hall–Kier alpha value is -1.61. The highest BCUT2D eigenvalue weighted by Crippen LogP contribution is 2.23. The van der Waals surface area contributed by atoms with Gasteiger partial charge in [0.2, 0.25) is 0 Å². The molecule has 0 amide bonds. The minimum Gasteiger partial charge on any atom is -0.496 e. The van der Waals surface area contributed by atoms with E-state index in [2.05, 4.69) is 0 Å². The van der Waals surface area contributed by atoms with Crippen LogP contribution in [-0.2, 0) is 6.42 Å². The highest BCUT2D eigenvalue weighted by molar-refractivity contribution is 7.12. The minimum atomic E-state index is 0.146. The zero-order valence-electron chi connectivity index (χ0n) is 9.90. The van der Waals surface area contributed by atoms with Crippen LogP contribution >= 0.6 is 11.3 Å². The van der Waals surface area contributed by atoms with E-state index in [4.69, 9.17) is 4.74 Å². The maximum absolute atomic E-state index is 12.1. The number of Topliss-reactive ketones (excluding diaryl/α,β-unsaturated/α-hetero) is 1. The highest BCUT2D eigenvalue weighted by Gasteiger charge is 2.11. The molecule has 2 aromatic rings. The number of hydrogen-bond donors (Lipinski definition) is 0. The van der Waals surface area contributed by atoms with Crippen molar-refractivity contribution < 1.29 is 9.53 Å². The summed E-state index contributed by atoms with van der Waals surface area (Å²) in [5.74, 6) is 0.899. The molecule has 0 saturated heterocycles. The van der Waals surface area contributed by atoms with Crippen molar-refractivity contribution in [3.8, 4) is 5.75 Å². The fourth-order valence-corrected chi connectivity index (χ4v) is 2.44. The van der Waals surface area contributed by atoms with E-state index in [0.29, 0.717) is 6.42 Å². The summed E-state index contributed by atoms with van der Waals surface area (Å²) in [6, 6.07) is 9.77. The number of rotatable bonds is 4. The number of aryl methyl sites for hydroxylation is 1. The molecule has 0 fully saturated rings. The molecule has 1 aromatic carbocycles. The van der Waals surface area contributed by atoms with Crippen LogP contribution in [0.15, 0.2) is 35.7 Å². The number of hydrogen-bond acceptors (Lipinski definition) is 3. The molecule has 1 heterocycles. The van der Waals surface area contributed by atoms with E-state index >= 15 is 0 Å². The summed E-state index contributed by atoms with van der Waals surface area (Å²) in [5, 5.41) is 1.85. The van der Waals surface area contributed by atoms with Crippen LogP contribution in [0.1, 0.15) is 20.8 Å². The van der Waals surface area contributed by atoms with Gasteiger partial charge in [0, 0.05) is 17.9 Å². The lowest BCUT2D eigenvalue weighted by Crippen LogP contribution is -2.02. The molecule has 1 aromatic heterocycles. The number of benzene rings is 1. The summed E-state index contributed by atoms with van der Waals surface area (Å²) in [6.07, 6.45) is 0.455. The Kier molecular flexibility index (Phi) is 3.59. The third-order valence-electron chi connectivity index (χ3n) is 2.70. The number of ketones is 1. The average Bonchev–Trinajstić information content (AvgIpc) is 2.81. The summed E-state index contributed by atoms with van der Waals surface area (Å²) in [6.45, 7) is 2.03. The second kappa shape index (κ2) is 5.15. The third kappa shape index (κ3) is 2.74. The number of ether oxygens (including phenoxy) is 1. The van der Waals surface area contributed by atoms with Gasteiger partial charge in [-0.15, -0.1) is 11.3 Å². The van der Waals surface area contributed by atoms with Gasteiger partial charge >= 0.3 is 0 Å². The molecular weight excluding hydrogens is 232 g/mol. The Balaban J connectivity index is 2.14. The third-order valence-corrected chi connectivity index (χ3v) is 3.65. The second-order valence-corrected chi connectivity index (χ2v) is 4.79. The quantitative estimate of drug-likeness (QED) is 0.772. The first-order valence-corrected chi connectivity index (χ1v) is 6.29. The van der Waals surface area contributed by atoms with Crippen LogP contribution in [0.4, 0.5) is 0 Å². The van der Waals surface area contributed by atoms with E-state index in [-0.39, 0.29) is 5.78 Å². The molecule has 0 atom stereocenters. The average molecular weight is 246 g/mol. The molecule has 0 bridgehead atoms. The zero-order chi connectivity index (χ0) is 12.3. The van der Waals surface area contributed by atoms with Crippen LogP contribution in [0.3, 0.4) is 0 Å². The second-order valence-electron chi connectivity index (χ2n) is 3.88. The Morgan fingerprint density at radius 1 is 1.35 bits per heavy atom. The van der Waals surface area contributed by atoms with Crippen LogP contribution < -0.4 is 4.74 Å². The zero-order valence-corrected chi connectivity index (χ0v) is 10.7.